The fourth-order valence-corrected chi connectivity index (χ4v) is 2.14. The van der Waals surface area contributed by atoms with E-state index in [1.54, 1.807) is 12.1 Å². The van der Waals surface area contributed by atoms with Crippen molar-refractivity contribution < 1.29 is 9.13 Å². The van der Waals surface area contributed by atoms with Crippen LogP contribution < -0.4 is 10.5 Å². The van der Waals surface area contributed by atoms with Crippen molar-refractivity contribution >= 4 is 22.6 Å². The number of hydrogen-bond donors (Lipinski definition) is 1. The van der Waals surface area contributed by atoms with Crippen molar-refractivity contribution in [2.24, 2.45) is 5.73 Å². The molecule has 2 aromatic rings. The van der Waals surface area contributed by atoms with Crippen LogP contribution in [0.1, 0.15) is 12.5 Å². The quantitative estimate of drug-likeness (QED) is 0.821. The van der Waals surface area contributed by atoms with E-state index in [0.717, 1.165) is 3.57 Å². The first-order valence-electron chi connectivity index (χ1n) is 6.02. The fraction of sp³-hybridized carbons (Fsp3) is 0.200. The summed E-state index contributed by atoms with van der Waals surface area (Å²) < 4.78 is 20.7. The summed E-state index contributed by atoms with van der Waals surface area (Å²) >= 11 is 2.22. The topological polar surface area (TPSA) is 35.2 Å². The molecule has 0 aromatic heterocycles. The van der Waals surface area contributed by atoms with Gasteiger partial charge in [-0.3, -0.25) is 0 Å². The molecule has 0 saturated heterocycles. The van der Waals surface area contributed by atoms with Gasteiger partial charge in [0.05, 0.1) is 0 Å². The summed E-state index contributed by atoms with van der Waals surface area (Å²) in [6.45, 7) is 1.85. The van der Waals surface area contributed by atoms with E-state index in [4.69, 9.17) is 10.5 Å². The van der Waals surface area contributed by atoms with Crippen LogP contribution in [0.2, 0.25) is 0 Å². The van der Waals surface area contributed by atoms with Crippen LogP contribution in [0, 0.1) is 9.39 Å². The smallest absolute Gasteiger partial charge is 0.133 e. The van der Waals surface area contributed by atoms with Crippen molar-refractivity contribution in [2.75, 3.05) is 0 Å². The second kappa shape index (κ2) is 6.34. The molecule has 0 spiro atoms. The molecule has 0 aliphatic heterocycles. The van der Waals surface area contributed by atoms with Gasteiger partial charge < -0.3 is 10.5 Å². The van der Waals surface area contributed by atoms with Gasteiger partial charge in [0, 0.05) is 15.2 Å². The molecule has 0 fully saturated rings. The van der Waals surface area contributed by atoms with Crippen molar-refractivity contribution in [2.45, 2.75) is 19.4 Å². The first-order chi connectivity index (χ1) is 9.06. The maximum Gasteiger partial charge on any atom is 0.133 e. The minimum Gasteiger partial charge on any atom is -0.457 e. The van der Waals surface area contributed by atoms with Gasteiger partial charge in [0.25, 0.3) is 0 Å². The van der Waals surface area contributed by atoms with Crippen LogP contribution in [0.3, 0.4) is 0 Å². The van der Waals surface area contributed by atoms with Crippen LogP contribution >= 0.6 is 22.6 Å². The third-order valence-electron chi connectivity index (χ3n) is 2.64. The maximum atomic E-state index is 13.8. The average molecular weight is 371 g/mol. The maximum absolute atomic E-state index is 13.8. The molecular weight excluding hydrogens is 356 g/mol. The molecule has 0 bridgehead atoms. The molecule has 2 rings (SSSR count). The molecule has 0 heterocycles. The van der Waals surface area contributed by atoms with Crippen molar-refractivity contribution in [1.82, 2.24) is 0 Å². The third kappa shape index (κ3) is 3.91. The molecule has 2 aromatic carbocycles. The van der Waals surface area contributed by atoms with Crippen LogP contribution in [0.5, 0.6) is 11.5 Å². The molecule has 1 atom stereocenters. The van der Waals surface area contributed by atoms with E-state index >= 15 is 0 Å². The lowest BCUT2D eigenvalue weighted by Crippen LogP contribution is -2.19. The summed E-state index contributed by atoms with van der Waals surface area (Å²) in [6.07, 6.45) is 0.451. The highest BCUT2D eigenvalue weighted by atomic mass is 127. The second-order valence-corrected chi connectivity index (χ2v) is 5.70. The zero-order valence-corrected chi connectivity index (χ0v) is 12.7. The number of ether oxygens (including phenoxy) is 1. The Morgan fingerprint density at radius 3 is 2.53 bits per heavy atom. The van der Waals surface area contributed by atoms with Crippen LogP contribution in [0.4, 0.5) is 4.39 Å². The third-order valence-corrected chi connectivity index (χ3v) is 3.36. The van der Waals surface area contributed by atoms with E-state index in [1.165, 1.54) is 6.07 Å². The summed E-state index contributed by atoms with van der Waals surface area (Å²) in [5.41, 5.74) is 6.28. The lowest BCUT2D eigenvalue weighted by Gasteiger charge is -2.13. The SMILES string of the molecule is CC(N)Cc1c(F)cccc1Oc1ccc(I)cc1. The van der Waals surface area contributed by atoms with E-state index in [0.29, 0.717) is 23.5 Å². The Hall–Kier alpha value is -1.14. The molecular formula is C15H15FINO. The van der Waals surface area contributed by atoms with Gasteiger partial charge in [-0.1, -0.05) is 6.07 Å². The predicted molar refractivity (Wildman–Crippen MR) is 83.0 cm³/mol. The molecule has 0 radical (unpaired) electrons. The van der Waals surface area contributed by atoms with Crippen LogP contribution in [-0.2, 0) is 6.42 Å². The molecule has 4 heteroatoms. The molecule has 0 aliphatic carbocycles. The summed E-state index contributed by atoms with van der Waals surface area (Å²) in [4.78, 5) is 0. The Morgan fingerprint density at radius 1 is 1.21 bits per heavy atom. The van der Waals surface area contributed by atoms with Crippen molar-refractivity contribution in [3.63, 3.8) is 0 Å². The molecule has 0 amide bonds. The molecule has 0 saturated carbocycles. The number of benzene rings is 2. The number of rotatable bonds is 4. The average Bonchev–Trinajstić information content (AvgIpc) is 2.36. The molecule has 19 heavy (non-hydrogen) atoms. The Kier molecular flexibility index (Phi) is 4.76. The summed E-state index contributed by atoms with van der Waals surface area (Å²) in [7, 11) is 0. The normalized spacial score (nSPS) is 12.2. The van der Waals surface area contributed by atoms with Gasteiger partial charge in [0.15, 0.2) is 0 Å². The molecule has 0 aliphatic rings. The summed E-state index contributed by atoms with van der Waals surface area (Å²) in [5.74, 6) is 0.941. The van der Waals surface area contributed by atoms with E-state index in [1.807, 2.05) is 31.2 Å². The number of hydrogen-bond acceptors (Lipinski definition) is 2. The summed E-state index contributed by atoms with van der Waals surface area (Å²) in [5, 5.41) is 0. The van der Waals surface area contributed by atoms with E-state index in [-0.39, 0.29) is 11.9 Å². The Labute approximate surface area is 125 Å². The van der Waals surface area contributed by atoms with Gasteiger partial charge in [0.1, 0.15) is 17.3 Å². The molecule has 2 N–H and O–H groups in total. The predicted octanol–water partition coefficient (Wildman–Crippen LogP) is 4.11. The van der Waals surface area contributed by atoms with Crippen molar-refractivity contribution in [3.8, 4) is 11.5 Å². The first kappa shape index (κ1) is 14.3. The van der Waals surface area contributed by atoms with Gasteiger partial charge in [0.2, 0.25) is 0 Å². The van der Waals surface area contributed by atoms with Gasteiger partial charge in [-0.15, -0.1) is 0 Å². The Balaban J connectivity index is 2.29. The van der Waals surface area contributed by atoms with Crippen molar-refractivity contribution in [1.29, 1.82) is 0 Å². The van der Waals surface area contributed by atoms with Crippen molar-refractivity contribution in [3.05, 3.63) is 57.4 Å². The summed E-state index contributed by atoms with van der Waals surface area (Å²) in [6, 6.07) is 12.3. The highest BCUT2D eigenvalue weighted by molar-refractivity contribution is 14.1. The fourth-order valence-electron chi connectivity index (χ4n) is 1.78. The highest BCUT2D eigenvalue weighted by Gasteiger charge is 2.12. The Morgan fingerprint density at radius 2 is 1.89 bits per heavy atom. The Bertz CT molecular complexity index is 555. The minimum atomic E-state index is -0.277. The van der Waals surface area contributed by atoms with Gasteiger partial charge in [-0.05, 0) is 72.3 Å². The number of halogens is 2. The van der Waals surface area contributed by atoms with Gasteiger partial charge in [-0.25, -0.2) is 4.39 Å². The van der Waals surface area contributed by atoms with Gasteiger partial charge >= 0.3 is 0 Å². The van der Waals surface area contributed by atoms with E-state index in [2.05, 4.69) is 22.6 Å². The second-order valence-electron chi connectivity index (χ2n) is 4.45. The molecule has 2 nitrogen and oxygen atoms in total. The monoisotopic (exact) mass is 371 g/mol. The van der Waals surface area contributed by atoms with E-state index < -0.39 is 0 Å². The lowest BCUT2D eigenvalue weighted by atomic mass is 10.1. The first-order valence-corrected chi connectivity index (χ1v) is 7.10. The molecule has 1 unspecified atom stereocenters. The molecule has 100 valence electrons. The van der Waals surface area contributed by atoms with Crippen LogP contribution in [-0.4, -0.2) is 6.04 Å². The minimum absolute atomic E-state index is 0.115. The highest BCUT2D eigenvalue weighted by Crippen LogP contribution is 2.28. The lowest BCUT2D eigenvalue weighted by molar-refractivity contribution is 0.463. The van der Waals surface area contributed by atoms with Gasteiger partial charge in [-0.2, -0.15) is 0 Å². The standard InChI is InChI=1S/C15H15FINO/c1-10(18)9-13-14(16)3-2-4-15(13)19-12-7-5-11(17)6-8-12/h2-8,10H,9,18H2,1H3. The largest absolute Gasteiger partial charge is 0.457 e. The van der Waals surface area contributed by atoms with Crippen LogP contribution in [0.25, 0.3) is 0 Å². The van der Waals surface area contributed by atoms with Crippen LogP contribution in [0.15, 0.2) is 42.5 Å². The van der Waals surface area contributed by atoms with E-state index in [9.17, 15) is 4.39 Å². The zero-order valence-electron chi connectivity index (χ0n) is 10.6. The number of nitrogens with two attached hydrogens (primary N) is 1. The zero-order chi connectivity index (χ0) is 13.8.